The first-order valence-corrected chi connectivity index (χ1v) is 6.01. The molecule has 0 fully saturated rings. The molecule has 0 saturated heterocycles. The predicted octanol–water partition coefficient (Wildman–Crippen LogP) is 3.72. The molecule has 0 amide bonds. The lowest BCUT2D eigenvalue weighted by Gasteiger charge is -2.07. The summed E-state index contributed by atoms with van der Waals surface area (Å²) >= 11 is 0. The van der Waals surface area contributed by atoms with Crippen LogP contribution in [0.2, 0.25) is 0 Å². The van der Waals surface area contributed by atoms with Crippen LogP contribution in [0.15, 0.2) is 54.6 Å². The fourth-order valence-corrected chi connectivity index (χ4v) is 1.73. The molecule has 0 unspecified atom stereocenters. The van der Waals surface area contributed by atoms with E-state index in [1.54, 1.807) is 0 Å². The Balaban J connectivity index is 1.95. The predicted molar refractivity (Wildman–Crippen MR) is 71.2 cm³/mol. The van der Waals surface area contributed by atoms with E-state index in [1.807, 2.05) is 54.6 Å². The molecule has 0 atom stereocenters. The van der Waals surface area contributed by atoms with Crippen molar-refractivity contribution in [2.45, 2.75) is 19.4 Å². The van der Waals surface area contributed by atoms with Crippen LogP contribution in [0.3, 0.4) is 0 Å². The van der Waals surface area contributed by atoms with Crippen molar-refractivity contribution in [3.05, 3.63) is 65.7 Å². The smallest absolute Gasteiger partial charge is 0.120 e. The maximum absolute atomic E-state index is 8.57. The topological polar surface area (TPSA) is 33.0 Å². The molecule has 0 aliphatic carbocycles. The summed E-state index contributed by atoms with van der Waals surface area (Å²) < 4.78 is 5.73. The lowest BCUT2D eigenvalue weighted by atomic mass is 10.1. The molecule has 0 radical (unpaired) electrons. The standard InChI is InChI=1S/C16H15NO/c17-11-5-9-14-8-4-10-16(12-14)18-13-15-6-2-1-3-7-15/h1-4,6-8,10,12H,5,9,13H2. The molecular formula is C16H15NO. The Bertz CT molecular complexity index is 528. The Hall–Kier alpha value is -2.27. The summed E-state index contributed by atoms with van der Waals surface area (Å²) in [5.41, 5.74) is 2.29. The number of rotatable bonds is 5. The second kappa shape index (κ2) is 6.46. The average molecular weight is 237 g/mol. The van der Waals surface area contributed by atoms with Crippen molar-refractivity contribution >= 4 is 0 Å². The van der Waals surface area contributed by atoms with Gasteiger partial charge in [0.05, 0.1) is 6.07 Å². The molecule has 0 aliphatic heterocycles. The lowest BCUT2D eigenvalue weighted by molar-refractivity contribution is 0.306. The van der Waals surface area contributed by atoms with E-state index in [2.05, 4.69) is 6.07 Å². The minimum atomic E-state index is 0.544. The fourth-order valence-electron chi connectivity index (χ4n) is 1.73. The third kappa shape index (κ3) is 3.64. The molecule has 0 bridgehead atoms. The minimum Gasteiger partial charge on any atom is -0.489 e. The van der Waals surface area contributed by atoms with Crippen LogP contribution in [-0.4, -0.2) is 0 Å². The third-order valence-electron chi connectivity index (χ3n) is 2.67. The van der Waals surface area contributed by atoms with Crippen LogP contribution in [-0.2, 0) is 13.0 Å². The molecule has 2 aromatic rings. The van der Waals surface area contributed by atoms with Crippen LogP contribution >= 0.6 is 0 Å². The molecule has 0 spiro atoms. The van der Waals surface area contributed by atoms with E-state index in [0.29, 0.717) is 13.0 Å². The van der Waals surface area contributed by atoms with Crippen LogP contribution in [0.25, 0.3) is 0 Å². The van der Waals surface area contributed by atoms with Crippen molar-refractivity contribution in [3.8, 4) is 11.8 Å². The molecule has 2 rings (SSSR count). The van der Waals surface area contributed by atoms with Crippen molar-refractivity contribution in [1.29, 1.82) is 5.26 Å². The number of hydrogen-bond acceptors (Lipinski definition) is 2. The van der Waals surface area contributed by atoms with Crippen molar-refractivity contribution in [3.63, 3.8) is 0 Å². The monoisotopic (exact) mass is 237 g/mol. The Kier molecular flexibility index (Phi) is 4.38. The van der Waals surface area contributed by atoms with E-state index in [-0.39, 0.29) is 0 Å². The van der Waals surface area contributed by atoms with Gasteiger partial charge in [-0.3, -0.25) is 0 Å². The highest BCUT2D eigenvalue weighted by molar-refractivity contribution is 5.29. The van der Waals surface area contributed by atoms with Gasteiger partial charge in [0.15, 0.2) is 0 Å². The normalized spacial score (nSPS) is 9.72. The molecule has 18 heavy (non-hydrogen) atoms. The molecule has 0 aliphatic rings. The van der Waals surface area contributed by atoms with E-state index in [4.69, 9.17) is 10.00 Å². The van der Waals surface area contributed by atoms with E-state index < -0.39 is 0 Å². The molecule has 0 saturated carbocycles. The summed E-state index contributed by atoms with van der Waals surface area (Å²) in [6, 6.07) is 20.2. The Morgan fingerprint density at radius 1 is 0.944 bits per heavy atom. The highest BCUT2D eigenvalue weighted by Gasteiger charge is 1.98. The van der Waals surface area contributed by atoms with E-state index >= 15 is 0 Å². The second-order valence-corrected chi connectivity index (χ2v) is 4.08. The van der Waals surface area contributed by atoms with Crippen LogP contribution < -0.4 is 4.74 Å². The average Bonchev–Trinajstić information content (AvgIpc) is 2.44. The summed E-state index contributed by atoms with van der Waals surface area (Å²) in [6.07, 6.45) is 1.32. The van der Waals surface area contributed by atoms with Gasteiger partial charge in [0.1, 0.15) is 12.4 Å². The number of ether oxygens (including phenoxy) is 1. The third-order valence-corrected chi connectivity index (χ3v) is 2.67. The van der Waals surface area contributed by atoms with Gasteiger partial charge < -0.3 is 4.74 Å². The summed E-state index contributed by atoms with van der Waals surface area (Å²) in [4.78, 5) is 0. The number of nitriles is 1. The Morgan fingerprint density at radius 2 is 1.72 bits per heavy atom. The zero-order valence-corrected chi connectivity index (χ0v) is 10.2. The number of hydrogen-bond donors (Lipinski definition) is 0. The van der Waals surface area contributed by atoms with Gasteiger partial charge in [0, 0.05) is 6.42 Å². The van der Waals surface area contributed by atoms with Gasteiger partial charge in [-0.1, -0.05) is 42.5 Å². The molecule has 90 valence electrons. The SMILES string of the molecule is N#CCCc1cccc(OCc2ccccc2)c1. The van der Waals surface area contributed by atoms with Crippen LogP contribution in [0.5, 0.6) is 5.75 Å². The van der Waals surface area contributed by atoms with Crippen molar-refractivity contribution < 1.29 is 4.74 Å². The van der Waals surface area contributed by atoms with Gasteiger partial charge in [0.25, 0.3) is 0 Å². The number of aryl methyl sites for hydroxylation is 1. The van der Waals surface area contributed by atoms with Gasteiger partial charge in [0.2, 0.25) is 0 Å². The summed E-state index contributed by atoms with van der Waals surface area (Å²) in [5.74, 6) is 0.856. The van der Waals surface area contributed by atoms with Crippen LogP contribution in [0, 0.1) is 11.3 Å². The molecule has 0 heterocycles. The number of benzene rings is 2. The second-order valence-electron chi connectivity index (χ2n) is 4.08. The molecule has 0 aromatic heterocycles. The maximum Gasteiger partial charge on any atom is 0.120 e. The minimum absolute atomic E-state index is 0.544. The first-order chi connectivity index (χ1) is 8.88. The highest BCUT2D eigenvalue weighted by atomic mass is 16.5. The van der Waals surface area contributed by atoms with Crippen molar-refractivity contribution in [2.24, 2.45) is 0 Å². The van der Waals surface area contributed by atoms with E-state index in [9.17, 15) is 0 Å². The van der Waals surface area contributed by atoms with Gasteiger partial charge in [-0.05, 0) is 29.7 Å². The number of nitrogens with zero attached hydrogens (tertiary/aromatic N) is 1. The highest BCUT2D eigenvalue weighted by Crippen LogP contribution is 2.16. The first-order valence-electron chi connectivity index (χ1n) is 6.01. The first kappa shape index (κ1) is 12.2. The van der Waals surface area contributed by atoms with Gasteiger partial charge >= 0.3 is 0 Å². The Labute approximate surface area is 107 Å². The van der Waals surface area contributed by atoms with E-state index in [0.717, 1.165) is 23.3 Å². The zero-order valence-electron chi connectivity index (χ0n) is 10.2. The summed E-state index contributed by atoms with van der Waals surface area (Å²) in [6.45, 7) is 0.572. The lowest BCUT2D eigenvalue weighted by Crippen LogP contribution is -1.95. The largest absolute Gasteiger partial charge is 0.489 e. The zero-order chi connectivity index (χ0) is 12.6. The maximum atomic E-state index is 8.57. The molecule has 2 aromatic carbocycles. The fraction of sp³-hybridized carbons (Fsp3) is 0.188. The van der Waals surface area contributed by atoms with Gasteiger partial charge in [-0.15, -0.1) is 0 Å². The molecule has 2 nitrogen and oxygen atoms in total. The van der Waals surface area contributed by atoms with Crippen LogP contribution in [0.4, 0.5) is 0 Å². The van der Waals surface area contributed by atoms with E-state index in [1.165, 1.54) is 0 Å². The summed E-state index contributed by atoms with van der Waals surface area (Å²) in [7, 11) is 0. The Morgan fingerprint density at radius 3 is 2.50 bits per heavy atom. The quantitative estimate of drug-likeness (QED) is 0.794. The summed E-state index contributed by atoms with van der Waals surface area (Å²) in [5, 5.41) is 8.57. The molecule has 0 N–H and O–H groups in total. The van der Waals surface area contributed by atoms with Gasteiger partial charge in [-0.25, -0.2) is 0 Å². The van der Waals surface area contributed by atoms with Crippen molar-refractivity contribution in [2.75, 3.05) is 0 Å². The van der Waals surface area contributed by atoms with Gasteiger partial charge in [-0.2, -0.15) is 5.26 Å². The molecule has 2 heteroatoms. The molecular weight excluding hydrogens is 222 g/mol. The van der Waals surface area contributed by atoms with Crippen molar-refractivity contribution in [1.82, 2.24) is 0 Å². The van der Waals surface area contributed by atoms with Crippen LogP contribution in [0.1, 0.15) is 17.5 Å².